The van der Waals surface area contributed by atoms with E-state index in [0.29, 0.717) is 5.92 Å². The maximum Gasteiger partial charge on any atom is 0.127 e. The van der Waals surface area contributed by atoms with Gasteiger partial charge in [-0.3, -0.25) is 0 Å². The fourth-order valence-corrected chi connectivity index (χ4v) is 3.61. The van der Waals surface area contributed by atoms with Crippen LogP contribution in [0.4, 0.5) is 4.39 Å². The van der Waals surface area contributed by atoms with Crippen LogP contribution in [0.1, 0.15) is 44.7 Å². The third kappa shape index (κ3) is 2.79. The van der Waals surface area contributed by atoms with Gasteiger partial charge in [0, 0.05) is 36.6 Å². The molecule has 1 aromatic carbocycles. The van der Waals surface area contributed by atoms with Crippen LogP contribution in [0, 0.1) is 11.7 Å². The van der Waals surface area contributed by atoms with Crippen LogP contribution in [-0.4, -0.2) is 25.2 Å². The molecule has 3 unspecified atom stereocenters. The maximum atomic E-state index is 13.6. The predicted molar refractivity (Wildman–Crippen MR) is 82.1 cm³/mol. The summed E-state index contributed by atoms with van der Waals surface area (Å²) >= 11 is 0. The standard InChI is InChI=1S/C17H25FN2O/c1-3-7-20-15-10-17(6-8-19-11-12(17)2)21-16-9-13(18)4-5-14(15)16/h4-5,9,12,15,19-20H,3,6-8,10-11H2,1-2H3. The summed E-state index contributed by atoms with van der Waals surface area (Å²) in [6.07, 6.45) is 3.04. The maximum absolute atomic E-state index is 13.6. The molecule has 2 aliphatic rings. The number of halogens is 1. The number of hydrogen-bond donors (Lipinski definition) is 2. The molecule has 2 N–H and O–H groups in total. The Bertz CT molecular complexity index is 508. The van der Waals surface area contributed by atoms with E-state index < -0.39 is 0 Å². The Morgan fingerprint density at radius 3 is 3.10 bits per heavy atom. The smallest absolute Gasteiger partial charge is 0.127 e. The molecule has 0 saturated carbocycles. The van der Waals surface area contributed by atoms with Crippen molar-refractivity contribution in [3.8, 4) is 5.75 Å². The highest BCUT2D eigenvalue weighted by molar-refractivity contribution is 5.40. The van der Waals surface area contributed by atoms with Crippen LogP contribution in [0.2, 0.25) is 0 Å². The number of piperidine rings is 1. The fraction of sp³-hybridized carbons (Fsp3) is 0.647. The number of hydrogen-bond acceptors (Lipinski definition) is 3. The second-order valence-corrected chi connectivity index (χ2v) is 6.41. The van der Waals surface area contributed by atoms with Crippen molar-refractivity contribution < 1.29 is 9.13 Å². The minimum atomic E-state index is -0.221. The van der Waals surface area contributed by atoms with E-state index in [0.717, 1.165) is 50.2 Å². The molecule has 0 aromatic heterocycles. The molecule has 21 heavy (non-hydrogen) atoms. The van der Waals surface area contributed by atoms with Crippen molar-refractivity contribution in [1.29, 1.82) is 0 Å². The van der Waals surface area contributed by atoms with E-state index in [4.69, 9.17) is 4.74 Å². The molecule has 1 fully saturated rings. The largest absolute Gasteiger partial charge is 0.486 e. The molecule has 1 saturated heterocycles. The molecule has 3 rings (SSSR count). The van der Waals surface area contributed by atoms with Gasteiger partial charge in [-0.2, -0.15) is 0 Å². The summed E-state index contributed by atoms with van der Waals surface area (Å²) in [7, 11) is 0. The van der Waals surface area contributed by atoms with Gasteiger partial charge in [0.15, 0.2) is 0 Å². The van der Waals surface area contributed by atoms with Crippen LogP contribution in [0.3, 0.4) is 0 Å². The number of ether oxygens (including phenoxy) is 1. The number of benzene rings is 1. The van der Waals surface area contributed by atoms with E-state index in [2.05, 4.69) is 24.5 Å². The summed E-state index contributed by atoms with van der Waals surface area (Å²) in [5.41, 5.74) is 0.929. The Balaban J connectivity index is 1.94. The Kier molecular flexibility index (Phi) is 4.18. The summed E-state index contributed by atoms with van der Waals surface area (Å²) in [6.45, 7) is 7.30. The van der Waals surface area contributed by atoms with Crippen molar-refractivity contribution in [2.45, 2.75) is 44.8 Å². The third-order valence-electron chi connectivity index (χ3n) is 4.93. The average molecular weight is 292 g/mol. The minimum absolute atomic E-state index is 0.169. The highest BCUT2D eigenvalue weighted by Gasteiger charge is 2.46. The lowest BCUT2D eigenvalue weighted by atomic mass is 9.75. The van der Waals surface area contributed by atoms with E-state index in [-0.39, 0.29) is 17.5 Å². The first-order valence-corrected chi connectivity index (χ1v) is 8.07. The first-order valence-electron chi connectivity index (χ1n) is 8.07. The van der Waals surface area contributed by atoms with Gasteiger partial charge < -0.3 is 15.4 Å². The quantitative estimate of drug-likeness (QED) is 0.898. The normalized spacial score (nSPS) is 31.8. The van der Waals surface area contributed by atoms with Crippen molar-refractivity contribution >= 4 is 0 Å². The summed E-state index contributed by atoms with van der Waals surface area (Å²) in [6, 6.07) is 5.21. The highest BCUT2D eigenvalue weighted by Crippen LogP contribution is 2.45. The molecular weight excluding hydrogens is 267 g/mol. The number of fused-ring (bicyclic) bond motifs is 1. The molecular formula is C17H25FN2O. The average Bonchev–Trinajstić information content (AvgIpc) is 2.47. The fourth-order valence-electron chi connectivity index (χ4n) is 3.61. The van der Waals surface area contributed by atoms with Crippen LogP contribution in [0.15, 0.2) is 18.2 Å². The summed E-state index contributed by atoms with van der Waals surface area (Å²) in [4.78, 5) is 0. The molecule has 0 radical (unpaired) electrons. The van der Waals surface area contributed by atoms with Crippen molar-refractivity contribution in [3.05, 3.63) is 29.6 Å². The lowest BCUT2D eigenvalue weighted by Crippen LogP contribution is -2.56. The number of rotatable bonds is 3. The monoisotopic (exact) mass is 292 g/mol. The lowest BCUT2D eigenvalue weighted by Gasteiger charge is -2.48. The van der Waals surface area contributed by atoms with Gasteiger partial charge in [-0.05, 0) is 32.0 Å². The van der Waals surface area contributed by atoms with E-state index >= 15 is 0 Å². The second-order valence-electron chi connectivity index (χ2n) is 6.41. The Hall–Kier alpha value is -1.13. The third-order valence-corrected chi connectivity index (χ3v) is 4.93. The predicted octanol–water partition coefficient (Wildman–Crippen LogP) is 3.02. The van der Waals surface area contributed by atoms with Gasteiger partial charge in [-0.15, -0.1) is 0 Å². The molecule has 4 heteroatoms. The van der Waals surface area contributed by atoms with Crippen LogP contribution in [0.25, 0.3) is 0 Å². The zero-order chi connectivity index (χ0) is 14.9. The van der Waals surface area contributed by atoms with E-state index in [1.54, 1.807) is 6.07 Å². The highest BCUT2D eigenvalue weighted by atomic mass is 19.1. The molecule has 1 spiro atoms. The van der Waals surface area contributed by atoms with Crippen molar-refractivity contribution in [2.24, 2.45) is 5.92 Å². The van der Waals surface area contributed by atoms with Gasteiger partial charge in [-0.1, -0.05) is 19.9 Å². The molecule has 2 aliphatic heterocycles. The molecule has 3 nitrogen and oxygen atoms in total. The molecule has 0 aliphatic carbocycles. The first kappa shape index (κ1) is 14.8. The Labute approximate surface area is 126 Å². The van der Waals surface area contributed by atoms with Crippen LogP contribution in [-0.2, 0) is 0 Å². The minimum Gasteiger partial charge on any atom is -0.486 e. The van der Waals surface area contributed by atoms with Gasteiger partial charge in [0.05, 0.1) is 0 Å². The molecule has 2 heterocycles. The lowest BCUT2D eigenvalue weighted by molar-refractivity contribution is -0.0375. The van der Waals surface area contributed by atoms with Crippen molar-refractivity contribution in [3.63, 3.8) is 0 Å². The van der Waals surface area contributed by atoms with Gasteiger partial charge in [0.25, 0.3) is 0 Å². The Morgan fingerprint density at radius 1 is 1.48 bits per heavy atom. The summed E-state index contributed by atoms with van der Waals surface area (Å²) in [5, 5.41) is 7.04. The molecule has 1 aromatic rings. The van der Waals surface area contributed by atoms with Gasteiger partial charge in [0.2, 0.25) is 0 Å². The topological polar surface area (TPSA) is 33.3 Å². The van der Waals surface area contributed by atoms with Crippen LogP contribution >= 0.6 is 0 Å². The van der Waals surface area contributed by atoms with E-state index in [9.17, 15) is 4.39 Å². The molecule has 3 atom stereocenters. The SMILES string of the molecule is CCCNC1CC2(CCNCC2C)Oc2cc(F)ccc21. The van der Waals surface area contributed by atoms with Crippen molar-refractivity contribution in [2.75, 3.05) is 19.6 Å². The van der Waals surface area contributed by atoms with Gasteiger partial charge >= 0.3 is 0 Å². The van der Waals surface area contributed by atoms with E-state index in [1.807, 2.05) is 6.07 Å². The zero-order valence-corrected chi connectivity index (χ0v) is 12.9. The second kappa shape index (κ2) is 5.93. The summed E-state index contributed by atoms with van der Waals surface area (Å²) < 4.78 is 20.0. The van der Waals surface area contributed by atoms with Gasteiger partial charge in [-0.25, -0.2) is 4.39 Å². The van der Waals surface area contributed by atoms with Crippen LogP contribution in [0.5, 0.6) is 5.75 Å². The molecule has 0 amide bonds. The molecule has 0 bridgehead atoms. The van der Waals surface area contributed by atoms with Crippen molar-refractivity contribution in [1.82, 2.24) is 10.6 Å². The van der Waals surface area contributed by atoms with Crippen LogP contribution < -0.4 is 15.4 Å². The summed E-state index contributed by atoms with van der Waals surface area (Å²) in [5.74, 6) is 0.929. The Morgan fingerprint density at radius 2 is 2.33 bits per heavy atom. The number of nitrogens with one attached hydrogen (secondary N) is 2. The van der Waals surface area contributed by atoms with E-state index in [1.165, 1.54) is 6.07 Å². The first-order chi connectivity index (χ1) is 10.1. The van der Waals surface area contributed by atoms with Gasteiger partial charge in [0.1, 0.15) is 17.2 Å². The molecule has 116 valence electrons. The zero-order valence-electron chi connectivity index (χ0n) is 12.9.